The van der Waals surface area contributed by atoms with E-state index in [-0.39, 0.29) is 16.9 Å². The highest BCUT2D eigenvalue weighted by Crippen LogP contribution is 2.26. The van der Waals surface area contributed by atoms with Crippen LogP contribution in [0.25, 0.3) is 0 Å². The molecule has 0 aliphatic heterocycles. The summed E-state index contributed by atoms with van der Waals surface area (Å²) in [6.45, 7) is 7.35. The fourth-order valence-electron chi connectivity index (χ4n) is 1.52. The minimum Gasteiger partial charge on any atom is -0.315 e. The second-order valence-corrected chi connectivity index (χ2v) is 8.19. The summed E-state index contributed by atoms with van der Waals surface area (Å²) in [6, 6.07) is 4.17. The summed E-state index contributed by atoms with van der Waals surface area (Å²) in [5.74, 6) is 0.451. The molecule has 0 radical (unpaired) electrons. The van der Waals surface area contributed by atoms with Gasteiger partial charge in [-0.1, -0.05) is 26.8 Å². The Kier molecular flexibility index (Phi) is 5.16. The average molecular weight is 275 g/mol. The molecule has 0 saturated heterocycles. The minimum atomic E-state index is -2.85. The topological polar surface area (TPSA) is 46.2 Å². The molecular formula is C12H21NO2S2. The van der Waals surface area contributed by atoms with Gasteiger partial charge in [-0.25, -0.2) is 8.42 Å². The zero-order valence-electron chi connectivity index (χ0n) is 10.7. The largest absolute Gasteiger partial charge is 0.315 e. The van der Waals surface area contributed by atoms with Crippen molar-refractivity contribution in [3.63, 3.8) is 0 Å². The lowest BCUT2D eigenvalue weighted by molar-refractivity contribution is 0.485. The first kappa shape index (κ1) is 14.7. The van der Waals surface area contributed by atoms with Crippen molar-refractivity contribution in [2.45, 2.75) is 26.2 Å². The third-order valence-electron chi connectivity index (χ3n) is 2.78. The summed E-state index contributed by atoms with van der Waals surface area (Å²) >= 11 is 1.74. The Morgan fingerprint density at radius 2 is 2.12 bits per heavy atom. The number of sulfone groups is 1. The molecule has 0 unspecified atom stereocenters. The third-order valence-corrected chi connectivity index (χ3v) is 5.73. The zero-order valence-corrected chi connectivity index (χ0v) is 12.3. The van der Waals surface area contributed by atoms with Crippen molar-refractivity contribution in [1.29, 1.82) is 0 Å². The average Bonchev–Trinajstić information content (AvgIpc) is 2.78. The van der Waals surface area contributed by atoms with E-state index in [1.807, 2.05) is 6.07 Å². The van der Waals surface area contributed by atoms with Gasteiger partial charge in [-0.3, -0.25) is 0 Å². The fourth-order valence-corrected chi connectivity index (χ4v) is 3.12. The van der Waals surface area contributed by atoms with Gasteiger partial charge in [0.1, 0.15) is 0 Å². The molecule has 1 N–H and O–H groups in total. The Bertz CT molecular complexity index is 421. The summed E-state index contributed by atoms with van der Waals surface area (Å²) in [5, 5.41) is 5.30. The van der Waals surface area contributed by atoms with Crippen LogP contribution in [0.5, 0.6) is 0 Å². The van der Waals surface area contributed by atoms with Crippen molar-refractivity contribution in [3.8, 4) is 0 Å². The van der Waals surface area contributed by atoms with Crippen LogP contribution in [0.1, 0.15) is 25.6 Å². The van der Waals surface area contributed by atoms with Crippen LogP contribution in [0.15, 0.2) is 17.5 Å². The molecule has 5 heteroatoms. The number of rotatable bonds is 7. The zero-order chi connectivity index (χ0) is 12.9. The van der Waals surface area contributed by atoms with E-state index in [1.165, 1.54) is 4.88 Å². The molecule has 17 heavy (non-hydrogen) atoms. The van der Waals surface area contributed by atoms with Gasteiger partial charge in [0.15, 0.2) is 9.84 Å². The van der Waals surface area contributed by atoms with Crippen molar-refractivity contribution < 1.29 is 8.42 Å². The number of nitrogens with one attached hydrogen (secondary N) is 1. The van der Waals surface area contributed by atoms with Gasteiger partial charge in [0.05, 0.1) is 5.75 Å². The molecule has 1 aromatic heterocycles. The van der Waals surface area contributed by atoms with E-state index in [1.54, 1.807) is 18.3 Å². The van der Waals surface area contributed by atoms with Gasteiger partial charge in [-0.15, -0.1) is 11.3 Å². The van der Waals surface area contributed by atoms with Gasteiger partial charge in [-0.05, 0) is 11.4 Å². The van der Waals surface area contributed by atoms with Gasteiger partial charge < -0.3 is 5.32 Å². The van der Waals surface area contributed by atoms with E-state index in [2.05, 4.69) is 30.6 Å². The lowest BCUT2D eigenvalue weighted by Gasteiger charge is -2.23. The molecule has 0 atom stereocenters. The third kappa shape index (κ3) is 4.77. The van der Waals surface area contributed by atoms with Crippen LogP contribution >= 0.6 is 11.3 Å². The number of thiophene rings is 1. The standard InChI is InChI=1S/C12H21NO2S2/c1-4-17(14,15)9-7-13-10-12(2,3)11-6-5-8-16-11/h5-6,8,13H,4,7,9-10H2,1-3H3. The molecule has 0 aromatic carbocycles. The van der Waals surface area contributed by atoms with Gasteiger partial charge in [0, 0.05) is 29.1 Å². The number of hydrogen-bond donors (Lipinski definition) is 1. The van der Waals surface area contributed by atoms with Crippen LogP contribution in [0, 0.1) is 0 Å². The summed E-state index contributed by atoms with van der Waals surface area (Å²) < 4.78 is 22.6. The predicted octanol–water partition coefficient (Wildman–Crippen LogP) is 2.05. The smallest absolute Gasteiger partial charge is 0.151 e. The quantitative estimate of drug-likeness (QED) is 0.775. The van der Waals surface area contributed by atoms with Gasteiger partial charge >= 0.3 is 0 Å². The van der Waals surface area contributed by atoms with Gasteiger partial charge in [0.2, 0.25) is 0 Å². The lowest BCUT2D eigenvalue weighted by atomic mass is 9.91. The van der Waals surface area contributed by atoms with Crippen LogP contribution in [0.4, 0.5) is 0 Å². The summed E-state index contributed by atoms with van der Waals surface area (Å²) in [4.78, 5) is 1.32. The first-order valence-corrected chi connectivity index (χ1v) is 8.52. The molecule has 98 valence electrons. The highest BCUT2D eigenvalue weighted by Gasteiger charge is 2.21. The summed E-state index contributed by atoms with van der Waals surface area (Å²) in [6.07, 6.45) is 0. The fraction of sp³-hybridized carbons (Fsp3) is 0.667. The van der Waals surface area contributed by atoms with E-state index < -0.39 is 9.84 Å². The van der Waals surface area contributed by atoms with Crippen molar-refractivity contribution in [3.05, 3.63) is 22.4 Å². The molecule has 0 amide bonds. The van der Waals surface area contributed by atoms with Crippen LogP contribution in [0.3, 0.4) is 0 Å². The Morgan fingerprint density at radius 1 is 1.41 bits per heavy atom. The molecule has 0 fully saturated rings. The van der Waals surface area contributed by atoms with Gasteiger partial charge in [0.25, 0.3) is 0 Å². The highest BCUT2D eigenvalue weighted by atomic mass is 32.2. The van der Waals surface area contributed by atoms with Gasteiger partial charge in [-0.2, -0.15) is 0 Å². The van der Waals surface area contributed by atoms with Crippen molar-refractivity contribution >= 4 is 21.2 Å². The molecular weight excluding hydrogens is 254 g/mol. The monoisotopic (exact) mass is 275 g/mol. The highest BCUT2D eigenvalue weighted by molar-refractivity contribution is 7.91. The SMILES string of the molecule is CCS(=O)(=O)CCNCC(C)(C)c1cccs1. The molecule has 1 rings (SSSR count). The van der Waals surface area contributed by atoms with E-state index in [9.17, 15) is 8.42 Å². The van der Waals surface area contributed by atoms with E-state index >= 15 is 0 Å². The van der Waals surface area contributed by atoms with Crippen LogP contribution < -0.4 is 5.32 Å². The molecule has 0 spiro atoms. The first-order valence-electron chi connectivity index (χ1n) is 5.82. The Balaban J connectivity index is 2.37. The second-order valence-electron chi connectivity index (χ2n) is 4.77. The number of hydrogen-bond acceptors (Lipinski definition) is 4. The molecule has 0 bridgehead atoms. The molecule has 0 aliphatic rings. The normalized spacial score (nSPS) is 12.9. The Hall–Kier alpha value is -0.390. The van der Waals surface area contributed by atoms with E-state index in [4.69, 9.17) is 0 Å². The summed E-state index contributed by atoms with van der Waals surface area (Å²) in [5.41, 5.74) is 0.0597. The molecule has 0 saturated carbocycles. The van der Waals surface area contributed by atoms with Crippen LogP contribution in [0.2, 0.25) is 0 Å². The Morgan fingerprint density at radius 3 is 2.65 bits per heavy atom. The summed E-state index contributed by atoms with van der Waals surface area (Å²) in [7, 11) is -2.85. The molecule has 3 nitrogen and oxygen atoms in total. The first-order chi connectivity index (χ1) is 7.87. The maximum atomic E-state index is 11.3. The molecule has 0 aliphatic carbocycles. The Labute approximate surface area is 108 Å². The minimum absolute atomic E-state index is 0.0597. The van der Waals surface area contributed by atoms with Crippen molar-refractivity contribution in [2.24, 2.45) is 0 Å². The predicted molar refractivity (Wildman–Crippen MR) is 74.5 cm³/mol. The van der Waals surface area contributed by atoms with Crippen LogP contribution in [-0.2, 0) is 15.3 Å². The van der Waals surface area contributed by atoms with Crippen molar-refractivity contribution in [2.75, 3.05) is 24.6 Å². The van der Waals surface area contributed by atoms with E-state index in [0.29, 0.717) is 6.54 Å². The molecule has 1 heterocycles. The van der Waals surface area contributed by atoms with E-state index in [0.717, 1.165) is 6.54 Å². The maximum Gasteiger partial charge on any atom is 0.151 e. The maximum absolute atomic E-state index is 11.3. The molecule has 1 aromatic rings. The lowest BCUT2D eigenvalue weighted by Crippen LogP contribution is -2.35. The van der Waals surface area contributed by atoms with Crippen LogP contribution in [-0.4, -0.2) is 33.0 Å². The van der Waals surface area contributed by atoms with Crippen molar-refractivity contribution in [1.82, 2.24) is 5.32 Å². The second kappa shape index (κ2) is 5.98.